The van der Waals surface area contributed by atoms with E-state index in [4.69, 9.17) is 0 Å². The van der Waals surface area contributed by atoms with Gasteiger partial charge in [0.15, 0.2) is 11.6 Å². The minimum atomic E-state index is -1.07. The fourth-order valence-corrected chi connectivity index (χ4v) is 1.84. The average molecular weight is 294 g/mol. The molecule has 0 aliphatic rings. The van der Waals surface area contributed by atoms with E-state index in [9.17, 15) is 18.0 Å². The van der Waals surface area contributed by atoms with Crippen molar-refractivity contribution in [3.63, 3.8) is 0 Å². The summed E-state index contributed by atoms with van der Waals surface area (Å²) in [5, 5.41) is 5.16. The van der Waals surface area contributed by atoms with Crippen LogP contribution in [0.15, 0.2) is 36.4 Å². The summed E-state index contributed by atoms with van der Waals surface area (Å²) in [6.07, 6.45) is 0. The molecule has 0 atom stereocenters. The number of hydrogen-bond donors (Lipinski definition) is 2. The lowest BCUT2D eigenvalue weighted by Gasteiger charge is -2.12. The first-order valence-corrected chi connectivity index (χ1v) is 6.31. The lowest BCUT2D eigenvalue weighted by molar-refractivity contribution is 0.102. The largest absolute Gasteiger partial charge is 0.382 e. The number of carbonyl (C=O) groups excluding carboxylic acids is 1. The second kappa shape index (κ2) is 6.30. The molecule has 6 heteroatoms. The molecule has 110 valence electrons. The number of carbonyl (C=O) groups is 1. The van der Waals surface area contributed by atoms with E-state index in [0.29, 0.717) is 6.54 Å². The predicted molar refractivity (Wildman–Crippen MR) is 74.9 cm³/mol. The normalized spacial score (nSPS) is 10.3. The molecule has 2 aromatic rings. The molecule has 0 saturated heterocycles. The predicted octanol–water partition coefficient (Wildman–Crippen LogP) is 3.79. The quantitative estimate of drug-likeness (QED) is 0.900. The molecule has 0 heterocycles. The highest BCUT2D eigenvalue weighted by Gasteiger charge is 2.15. The van der Waals surface area contributed by atoms with Crippen LogP contribution in [0.3, 0.4) is 0 Å². The maximum Gasteiger partial charge on any atom is 0.257 e. The Kier molecular flexibility index (Phi) is 4.47. The number of halogens is 3. The molecule has 1 amide bonds. The fraction of sp³-hybridized carbons (Fsp3) is 0.133. The molecule has 0 bridgehead atoms. The number of para-hydroxylation sites is 1. The third-order valence-corrected chi connectivity index (χ3v) is 2.79. The van der Waals surface area contributed by atoms with Crippen LogP contribution in [0.2, 0.25) is 0 Å². The van der Waals surface area contributed by atoms with Gasteiger partial charge in [0.25, 0.3) is 5.91 Å². The molecule has 0 aliphatic heterocycles. The van der Waals surface area contributed by atoms with Gasteiger partial charge in [-0.25, -0.2) is 13.2 Å². The van der Waals surface area contributed by atoms with Crippen molar-refractivity contribution < 1.29 is 18.0 Å². The van der Waals surface area contributed by atoms with Crippen LogP contribution in [-0.4, -0.2) is 12.5 Å². The highest BCUT2D eigenvalue weighted by Crippen LogP contribution is 2.21. The van der Waals surface area contributed by atoms with Crippen molar-refractivity contribution >= 4 is 17.3 Å². The van der Waals surface area contributed by atoms with Gasteiger partial charge in [-0.05, 0) is 31.2 Å². The molecular formula is C15H13F3N2O. The van der Waals surface area contributed by atoms with Crippen molar-refractivity contribution in [2.75, 3.05) is 17.2 Å². The molecule has 0 radical (unpaired) electrons. The molecule has 3 nitrogen and oxygen atoms in total. The average Bonchev–Trinajstić information content (AvgIpc) is 2.45. The Balaban J connectivity index is 2.28. The molecule has 2 aromatic carbocycles. The van der Waals surface area contributed by atoms with E-state index in [2.05, 4.69) is 10.6 Å². The van der Waals surface area contributed by atoms with Gasteiger partial charge in [0.1, 0.15) is 5.82 Å². The maximum absolute atomic E-state index is 13.7. The molecule has 0 fully saturated rings. The zero-order valence-electron chi connectivity index (χ0n) is 11.2. The van der Waals surface area contributed by atoms with Crippen LogP contribution < -0.4 is 10.6 Å². The van der Waals surface area contributed by atoms with E-state index >= 15 is 0 Å². The standard InChI is InChI=1S/C15H13F3N2O/c1-2-19-14-10(4-3-5-12(14)17)15(21)20-9-6-7-11(16)13(18)8-9/h3-8,19H,2H2,1H3,(H,20,21). The summed E-state index contributed by atoms with van der Waals surface area (Å²) in [5.74, 6) is -3.25. The summed E-state index contributed by atoms with van der Waals surface area (Å²) in [7, 11) is 0. The number of anilines is 2. The van der Waals surface area contributed by atoms with Crippen LogP contribution in [0.5, 0.6) is 0 Å². The first kappa shape index (κ1) is 14.9. The van der Waals surface area contributed by atoms with E-state index in [-0.39, 0.29) is 16.9 Å². The van der Waals surface area contributed by atoms with Crippen LogP contribution in [0.1, 0.15) is 17.3 Å². The van der Waals surface area contributed by atoms with Gasteiger partial charge >= 0.3 is 0 Å². The van der Waals surface area contributed by atoms with E-state index < -0.39 is 23.4 Å². The van der Waals surface area contributed by atoms with Gasteiger partial charge < -0.3 is 10.6 Å². The summed E-state index contributed by atoms with van der Waals surface area (Å²) in [6.45, 7) is 2.20. The number of rotatable bonds is 4. The van der Waals surface area contributed by atoms with Gasteiger partial charge in [0, 0.05) is 18.3 Å². The SMILES string of the molecule is CCNc1c(F)cccc1C(=O)Nc1ccc(F)c(F)c1. The smallest absolute Gasteiger partial charge is 0.257 e. The molecule has 2 N–H and O–H groups in total. The number of hydrogen-bond acceptors (Lipinski definition) is 2. The molecule has 0 spiro atoms. The molecule has 2 rings (SSSR count). The van der Waals surface area contributed by atoms with Crippen LogP contribution in [0.4, 0.5) is 24.5 Å². The fourth-order valence-electron chi connectivity index (χ4n) is 1.84. The third kappa shape index (κ3) is 3.34. The zero-order chi connectivity index (χ0) is 15.4. The van der Waals surface area contributed by atoms with Gasteiger partial charge in [-0.1, -0.05) is 6.07 Å². The summed E-state index contributed by atoms with van der Waals surface area (Å²) in [6, 6.07) is 7.06. The van der Waals surface area contributed by atoms with Gasteiger partial charge in [0.05, 0.1) is 11.3 Å². The summed E-state index contributed by atoms with van der Waals surface area (Å²) < 4.78 is 39.6. The Morgan fingerprint density at radius 2 is 1.81 bits per heavy atom. The van der Waals surface area contributed by atoms with Crippen LogP contribution in [0, 0.1) is 17.5 Å². The van der Waals surface area contributed by atoms with Gasteiger partial charge in [-0.2, -0.15) is 0 Å². The second-order valence-electron chi connectivity index (χ2n) is 4.28. The topological polar surface area (TPSA) is 41.1 Å². The molecule has 0 saturated carbocycles. The summed E-state index contributed by atoms with van der Waals surface area (Å²) in [5.41, 5.74) is 0.243. The highest BCUT2D eigenvalue weighted by atomic mass is 19.2. The third-order valence-electron chi connectivity index (χ3n) is 2.79. The van der Waals surface area contributed by atoms with Gasteiger partial charge in [-0.3, -0.25) is 4.79 Å². The van der Waals surface area contributed by atoms with Gasteiger partial charge in [-0.15, -0.1) is 0 Å². The van der Waals surface area contributed by atoms with Crippen LogP contribution in [0.25, 0.3) is 0 Å². The van der Waals surface area contributed by atoms with Crippen molar-refractivity contribution in [1.29, 1.82) is 0 Å². The summed E-state index contributed by atoms with van der Waals surface area (Å²) in [4.78, 5) is 12.1. The number of nitrogens with one attached hydrogen (secondary N) is 2. The Bertz CT molecular complexity index is 674. The van der Waals surface area contributed by atoms with Crippen molar-refractivity contribution in [3.8, 4) is 0 Å². The molecular weight excluding hydrogens is 281 g/mol. The molecule has 21 heavy (non-hydrogen) atoms. The lowest BCUT2D eigenvalue weighted by Crippen LogP contribution is -2.16. The number of amides is 1. The summed E-state index contributed by atoms with van der Waals surface area (Å²) >= 11 is 0. The van der Waals surface area contributed by atoms with Crippen molar-refractivity contribution in [1.82, 2.24) is 0 Å². The Labute approximate surface area is 119 Å². The van der Waals surface area contributed by atoms with E-state index in [1.807, 2.05) is 0 Å². The lowest BCUT2D eigenvalue weighted by atomic mass is 10.1. The molecule has 0 aliphatic carbocycles. The van der Waals surface area contributed by atoms with Crippen LogP contribution in [-0.2, 0) is 0 Å². The highest BCUT2D eigenvalue weighted by molar-refractivity contribution is 6.08. The monoisotopic (exact) mass is 294 g/mol. The maximum atomic E-state index is 13.7. The van der Waals surface area contributed by atoms with E-state index in [1.54, 1.807) is 6.92 Å². The van der Waals surface area contributed by atoms with Crippen molar-refractivity contribution in [2.24, 2.45) is 0 Å². The first-order chi connectivity index (χ1) is 10.0. The minimum Gasteiger partial charge on any atom is -0.382 e. The second-order valence-corrected chi connectivity index (χ2v) is 4.28. The minimum absolute atomic E-state index is 0.0695. The Morgan fingerprint density at radius 3 is 2.48 bits per heavy atom. The zero-order valence-corrected chi connectivity index (χ0v) is 11.2. The Morgan fingerprint density at radius 1 is 1.05 bits per heavy atom. The molecule has 0 aromatic heterocycles. The number of benzene rings is 2. The first-order valence-electron chi connectivity index (χ1n) is 6.31. The molecule has 0 unspecified atom stereocenters. The van der Waals surface area contributed by atoms with E-state index in [0.717, 1.165) is 12.1 Å². The Hall–Kier alpha value is -2.50. The van der Waals surface area contributed by atoms with Crippen LogP contribution >= 0.6 is 0 Å². The van der Waals surface area contributed by atoms with Gasteiger partial charge in [0.2, 0.25) is 0 Å². The van der Waals surface area contributed by atoms with Crippen molar-refractivity contribution in [3.05, 3.63) is 59.4 Å². The van der Waals surface area contributed by atoms with E-state index in [1.165, 1.54) is 24.3 Å². The van der Waals surface area contributed by atoms with Crippen molar-refractivity contribution in [2.45, 2.75) is 6.92 Å².